The van der Waals surface area contributed by atoms with Crippen LogP contribution in [0.2, 0.25) is 0 Å². The Labute approximate surface area is 171 Å². The number of nitrogens with one attached hydrogen (secondary N) is 1. The number of halogens is 2. The molecule has 154 valence electrons. The number of aromatic nitrogens is 1. The Kier molecular flexibility index (Phi) is 7.07. The molecule has 1 aromatic heterocycles. The number of rotatable bonds is 8. The highest BCUT2D eigenvalue weighted by atomic mass is 19.1. The lowest BCUT2D eigenvalue weighted by atomic mass is 9.83. The van der Waals surface area contributed by atoms with Crippen LogP contribution in [0.4, 0.5) is 8.78 Å². The average molecular weight is 398 g/mol. The fraction of sp³-hybridized carbons (Fsp3) is 0.333. The summed E-state index contributed by atoms with van der Waals surface area (Å²) in [5, 5.41) is 3.50. The van der Waals surface area contributed by atoms with Gasteiger partial charge in [-0.15, -0.1) is 0 Å². The summed E-state index contributed by atoms with van der Waals surface area (Å²) in [5.74, 6) is -0.821. The van der Waals surface area contributed by atoms with Gasteiger partial charge in [-0.05, 0) is 51.8 Å². The van der Waals surface area contributed by atoms with Crippen molar-refractivity contribution in [2.75, 3.05) is 0 Å². The maximum Gasteiger partial charge on any atom is 0.253 e. The lowest BCUT2D eigenvalue weighted by molar-refractivity contribution is 0.0844. The van der Waals surface area contributed by atoms with E-state index in [0.717, 1.165) is 5.57 Å². The number of nitrogens with zero attached hydrogens (tertiary/aromatic N) is 1. The number of alkyl halides is 1. The third kappa shape index (κ3) is 6.34. The zero-order valence-electron chi connectivity index (χ0n) is 17.4. The van der Waals surface area contributed by atoms with E-state index in [1.807, 2.05) is 32.1 Å². The van der Waals surface area contributed by atoms with Crippen molar-refractivity contribution >= 4 is 16.8 Å². The van der Waals surface area contributed by atoms with Gasteiger partial charge < -0.3 is 5.32 Å². The van der Waals surface area contributed by atoms with Crippen LogP contribution in [-0.4, -0.2) is 22.1 Å². The first-order chi connectivity index (χ1) is 13.6. The molecule has 1 atom stereocenters. The number of allylic oxidation sites excluding steroid dienone is 4. The molecule has 5 heteroatoms. The smallest absolute Gasteiger partial charge is 0.253 e. The van der Waals surface area contributed by atoms with Gasteiger partial charge in [0.2, 0.25) is 0 Å². The Morgan fingerprint density at radius 3 is 2.66 bits per heavy atom. The van der Waals surface area contributed by atoms with Crippen LogP contribution in [0.3, 0.4) is 0 Å². The second kappa shape index (κ2) is 9.12. The van der Waals surface area contributed by atoms with Crippen molar-refractivity contribution in [3.8, 4) is 0 Å². The second-order valence-electron chi connectivity index (χ2n) is 8.10. The molecule has 2 rings (SSSR count). The van der Waals surface area contributed by atoms with E-state index in [-0.39, 0.29) is 17.8 Å². The van der Waals surface area contributed by atoms with Gasteiger partial charge in [-0.25, -0.2) is 8.78 Å². The van der Waals surface area contributed by atoms with E-state index in [2.05, 4.69) is 16.9 Å². The number of amides is 1. The topological polar surface area (TPSA) is 42.0 Å². The van der Waals surface area contributed by atoms with E-state index in [1.54, 1.807) is 24.3 Å². The standard InChI is InChI=1S/C24H28F2N2O/c1-6-9-17(10-7-2)14-24(5,16-23(3,4)26)28-22(29)19-13-18-11-8-12-20(25)21(18)27-15-19/h6-13,15H,1,14,16H2,2-5H3,(H,28,29)/b10-7-,17-9+. The summed E-state index contributed by atoms with van der Waals surface area (Å²) >= 11 is 0. The predicted octanol–water partition coefficient (Wildman–Crippen LogP) is 6.08. The van der Waals surface area contributed by atoms with Crippen molar-refractivity contribution in [3.63, 3.8) is 0 Å². The minimum atomic E-state index is -1.48. The molecule has 3 nitrogen and oxygen atoms in total. The van der Waals surface area contributed by atoms with E-state index in [4.69, 9.17) is 0 Å². The Balaban J connectivity index is 2.35. The van der Waals surface area contributed by atoms with Crippen LogP contribution in [0.1, 0.15) is 50.9 Å². The zero-order valence-corrected chi connectivity index (χ0v) is 17.4. The number of hydrogen-bond acceptors (Lipinski definition) is 2. The van der Waals surface area contributed by atoms with E-state index in [0.29, 0.717) is 17.4 Å². The maximum absolute atomic E-state index is 14.5. The van der Waals surface area contributed by atoms with Gasteiger partial charge in [-0.1, -0.05) is 43.0 Å². The van der Waals surface area contributed by atoms with Crippen LogP contribution < -0.4 is 5.32 Å². The molecule has 0 aliphatic heterocycles. The highest BCUT2D eigenvalue weighted by molar-refractivity contribution is 5.97. The minimum Gasteiger partial charge on any atom is -0.346 e. The lowest BCUT2D eigenvalue weighted by Crippen LogP contribution is -2.49. The molecule has 0 saturated carbocycles. The first kappa shape index (κ1) is 22.5. The maximum atomic E-state index is 14.5. The second-order valence-corrected chi connectivity index (χ2v) is 8.10. The molecule has 1 N–H and O–H groups in total. The molecule has 0 saturated heterocycles. The van der Waals surface area contributed by atoms with Gasteiger partial charge in [0.15, 0.2) is 0 Å². The highest BCUT2D eigenvalue weighted by Gasteiger charge is 2.34. The quantitative estimate of drug-likeness (QED) is 0.548. The van der Waals surface area contributed by atoms with Crippen LogP contribution >= 0.6 is 0 Å². The van der Waals surface area contributed by atoms with Crippen molar-refractivity contribution in [3.05, 3.63) is 78.3 Å². The molecule has 0 radical (unpaired) electrons. The zero-order chi connectivity index (χ0) is 21.7. The number of carbonyl (C=O) groups excluding carboxylic acids is 1. The summed E-state index contributed by atoms with van der Waals surface area (Å²) in [6, 6.07) is 6.18. The normalized spacial score (nSPS) is 14.8. The van der Waals surface area contributed by atoms with Gasteiger partial charge in [-0.2, -0.15) is 0 Å². The van der Waals surface area contributed by atoms with Crippen molar-refractivity contribution in [2.45, 2.75) is 51.7 Å². The molecule has 0 spiro atoms. The third-order valence-electron chi connectivity index (χ3n) is 4.46. The molecule has 1 amide bonds. The summed E-state index contributed by atoms with van der Waals surface area (Å²) in [6.45, 7) is 10.4. The summed E-state index contributed by atoms with van der Waals surface area (Å²) in [6.07, 6.45) is 9.20. The molecular weight excluding hydrogens is 370 g/mol. The van der Waals surface area contributed by atoms with Crippen LogP contribution in [0.5, 0.6) is 0 Å². The number of pyridine rings is 1. The van der Waals surface area contributed by atoms with Crippen LogP contribution in [0.15, 0.2) is 66.9 Å². The van der Waals surface area contributed by atoms with Gasteiger partial charge in [0.1, 0.15) is 17.0 Å². The summed E-state index contributed by atoms with van der Waals surface area (Å²) in [4.78, 5) is 17.0. The largest absolute Gasteiger partial charge is 0.346 e. The van der Waals surface area contributed by atoms with Gasteiger partial charge in [-0.3, -0.25) is 9.78 Å². The SMILES string of the molecule is C=C/C=C(\C=C/C)CC(C)(CC(C)(C)F)NC(=O)c1cnc2c(F)cccc2c1. The Bertz CT molecular complexity index is 957. The summed E-state index contributed by atoms with van der Waals surface area (Å²) in [5.41, 5.74) is -0.900. The first-order valence-electron chi connectivity index (χ1n) is 9.57. The van der Waals surface area contributed by atoms with Crippen molar-refractivity contribution in [1.82, 2.24) is 10.3 Å². The molecule has 29 heavy (non-hydrogen) atoms. The van der Waals surface area contributed by atoms with Gasteiger partial charge in [0, 0.05) is 23.5 Å². The number of fused-ring (bicyclic) bond motifs is 1. The van der Waals surface area contributed by atoms with Crippen LogP contribution in [0.25, 0.3) is 10.9 Å². The molecule has 0 fully saturated rings. The summed E-state index contributed by atoms with van der Waals surface area (Å²) < 4.78 is 28.4. The molecular formula is C24H28F2N2O. The van der Waals surface area contributed by atoms with E-state index in [1.165, 1.54) is 26.1 Å². The van der Waals surface area contributed by atoms with Crippen molar-refractivity contribution < 1.29 is 13.6 Å². The number of benzene rings is 1. The fourth-order valence-electron chi connectivity index (χ4n) is 3.66. The Morgan fingerprint density at radius 1 is 1.31 bits per heavy atom. The first-order valence-corrected chi connectivity index (χ1v) is 9.57. The molecule has 1 aromatic carbocycles. The monoisotopic (exact) mass is 398 g/mol. The van der Waals surface area contributed by atoms with Crippen LogP contribution in [-0.2, 0) is 0 Å². The van der Waals surface area contributed by atoms with Crippen molar-refractivity contribution in [2.24, 2.45) is 0 Å². The highest BCUT2D eigenvalue weighted by Crippen LogP contribution is 2.30. The predicted molar refractivity (Wildman–Crippen MR) is 115 cm³/mol. The average Bonchev–Trinajstić information content (AvgIpc) is 2.60. The van der Waals surface area contributed by atoms with E-state index in [9.17, 15) is 13.6 Å². The van der Waals surface area contributed by atoms with Gasteiger partial charge in [0.25, 0.3) is 5.91 Å². The Morgan fingerprint density at radius 2 is 2.03 bits per heavy atom. The third-order valence-corrected chi connectivity index (χ3v) is 4.46. The van der Waals surface area contributed by atoms with Gasteiger partial charge in [0.05, 0.1) is 5.56 Å². The number of para-hydroxylation sites is 1. The number of carbonyl (C=O) groups is 1. The van der Waals surface area contributed by atoms with Crippen LogP contribution in [0, 0.1) is 5.82 Å². The molecule has 0 aliphatic carbocycles. The fourth-order valence-corrected chi connectivity index (χ4v) is 3.66. The molecule has 0 bridgehead atoms. The molecule has 2 aromatic rings. The minimum absolute atomic E-state index is 0.118. The van der Waals surface area contributed by atoms with E-state index >= 15 is 0 Å². The Hall–Kier alpha value is -2.82. The van der Waals surface area contributed by atoms with Crippen molar-refractivity contribution in [1.29, 1.82) is 0 Å². The molecule has 1 unspecified atom stereocenters. The van der Waals surface area contributed by atoms with E-state index < -0.39 is 17.0 Å². The lowest BCUT2D eigenvalue weighted by Gasteiger charge is -2.35. The van der Waals surface area contributed by atoms with Gasteiger partial charge >= 0.3 is 0 Å². The number of hydrogen-bond donors (Lipinski definition) is 1. The molecule has 0 aliphatic rings. The summed E-state index contributed by atoms with van der Waals surface area (Å²) in [7, 11) is 0. The molecule has 1 heterocycles.